The van der Waals surface area contributed by atoms with Crippen LogP contribution in [0, 0.1) is 18.8 Å². The van der Waals surface area contributed by atoms with E-state index in [-0.39, 0.29) is 65.6 Å². The molecule has 1 aromatic carbocycles. The third-order valence-electron chi connectivity index (χ3n) is 11.4. The van der Waals surface area contributed by atoms with Gasteiger partial charge in [-0.3, -0.25) is 23.7 Å². The third-order valence-corrected chi connectivity index (χ3v) is 12.2. The molecule has 2 saturated heterocycles. The maximum atomic E-state index is 14.1. The monoisotopic (exact) mass is 773 g/mol. The summed E-state index contributed by atoms with van der Waals surface area (Å²) in [5.41, 5.74) is 4.45. The van der Waals surface area contributed by atoms with E-state index in [0.29, 0.717) is 41.2 Å². The van der Waals surface area contributed by atoms with E-state index in [2.05, 4.69) is 14.8 Å². The van der Waals surface area contributed by atoms with Gasteiger partial charge in [0.15, 0.2) is 0 Å². The number of aromatic nitrogens is 3. The van der Waals surface area contributed by atoms with Crippen molar-refractivity contribution >= 4 is 46.4 Å². The fourth-order valence-electron chi connectivity index (χ4n) is 8.21. The first-order chi connectivity index (χ1) is 25.9. The van der Waals surface area contributed by atoms with Crippen LogP contribution in [0.25, 0.3) is 5.69 Å². The Bertz CT molecular complexity index is 2310. The Balaban J connectivity index is 1.01. The molecule has 0 atom stereocenters. The highest BCUT2D eigenvalue weighted by atomic mass is 35.5. The summed E-state index contributed by atoms with van der Waals surface area (Å²) in [5.74, 6) is 1.59. The van der Waals surface area contributed by atoms with E-state index >= 15 is 0 Å². The molecule has 0 bridgehead atoms. The molecule has 2 fully saturated rings. The molecule has 8 rings (SSSR count). The van der Waals surface area contributed by atoms with Gasteiger partial charge in [-0.2, -0.15) is 0 Å². The van der Waals surface area contributed by atoms with Crippen molar-refractivity contribution in [2.24, 2.45) is 18.9 Å². The van der Waals surface area contributed by atoms with Crippen molar-refractivity contribution in [3.8, 4) is 17.3 Å². The normalized spacial score (nSPS) is 16.6. The SMILES string of the molecule is COc1cccc(N2CC(CC(=O)N3Cc4c(C)c(Cl)c(=O)n(-c5c6c(n(C)c(=O)c5Cl)CN(C(=O)CC5CN(c7ccnc(OC)c7)C5)C6)c4C3)C2)c1. The number of anilines is 2. The highest BCUT2D eigenvalue weighted by molar-refractivity contribution is 6.32. The zero-order chi connectivity index (χ0) is 38.0. The van der Waals surface area contributed by atoms with E-state index in [1.807, 2.05) is 36.4 Å². The zero-order valence-corrected chi connectivity index (χ0v) is 32.1. The average molecular weight is 775 g/mol. The van der Waals surface area contributed by atoms with Gasteiger partial charge < -0.3 is 33.6 Å². The number of amides is 2. The second-order valence-corrected chi connectivity index (χ2v) is 15.4. The van der Waals surface area contributed by atoms with Crippen molar-refractivity contribution in [1.29, 1.82) is 0 Å². The lowest BCUT2D eigenvalue weighted by atomic mass is 9.95. The molecular formula is C39H41Cl2N7O6. The summed E-state index contributed by atoms with van der Waals surface area (Å²) in [6, 6.07) is 11.7. The van der Waals surface area contributed by atoms with Gasteiger partial charge in [0.2, 0.25) is 17.7 Å². The Kier molecular flexibility index (Phi) is 9.33. The van der Waals surface area contributed by atoms with E-state index in [4.69, 9.17) is 32.7 Å². The molecule has 0 radical (unpaired) electrons. The second-order valence-electron chi connectivity index (χ2n) is 14.7. The maximum absolute atomic E-state index is 14.1. The molecule has 2 amide bonds. The Hall–Kier alpha value is -5.01. The van der Waals surface area contributed by atoms with Crippen molar-refractivity contribution in [2.45, 2.75) is 45.9 Å². The van der Waals surface area contributed by atoms with E-state index in [1.165, 1.54) is 9.13 Å². The average Bonchev–Trinajstić information content (AvgIpc) is 3.80. The summed E-state index contributed by atoms with van der Waals surface area (Å²) in [6.45, 7) is 5.54. The summed E-state index contributed by atoms with van der Waals surface area (Å²) < 4.78 is 13.5. The molecule has 13 nitrogen and oxygen atoms in total. The minimum atomic E-state index is -0.514. The molecule has 4 aliphatic heterocycles. The number of carbonyl (C=O) groups excluding carboxylic acids is 2. The van der Waals surface area contributed by atoms with Gasteiger partial charge in [-0.05, 0) is 36.2 Å². The number of nitrogens with zero attached hydrogens (tertiary/aromatic N) is 7. The number of rotatable bonds is 9. The number of carbonyl (C=O) groups is 2. The lowest BCUT2D eigenvalue weighted by Gasteiger charge is -2.41. The fraction of sp³-hybridized carbons (Fsp3) is 0.410. The maximum Gasteiger partial charge on any atom is 0.274 e. The number of hydrogen-bond donors (Lipinski definition) is 0. The molecule has 7 heterocycles. The van der Waals surface area contributed by atoms with Crippen LogP contribution in [0.1, 0.15) is 40.9 Å². The molecule has 0 unspecified atom stereocenters. The van der Waals surface area contributed by atoms with Gasteiger partial charge in [0.05, 0.1) is 38.7 Å². The molecular weight excluding hydrogens is 733 g/mol. The Morgan fingerprint density at radius 1 is 0.778 bits per heavy atom. The molecule has 4 aromatic rings. The van der Waals surface area contributed by atoms with Crippen LogP contribution in [0.5, 0.6) is 11.6 Å². The number of pyridine rings is 3. The molecule has 54 heavy (non-hydrogen) atoms. The first-order valence-electron chi connectivity index (χ1n) is 18.0. The topological polar surface area (TPSA) is 122 Å². The first-order valence-corrected chi connectivity index (χ1v) is 18.7. The Labute approximate surface area is 322 Å². The van der Waals surface area contributed by atoms with Crippen LogP contribution >= 0.6 is 23.2 Å². The van der Waals surface area contributed by atoms with Crippen molar-refractivity contribution < 1.29 is 19.1 Å². The van der Waals surface area contributed by atoms with E-state index in [0.717, 1.165) is 48.9 Å². The van der Waals surface area contributed by atoms with Crippen LogP contribution in [0.3, 0.4) is 0 Å². The quantitative estimate of drug-likeness (QED) is 0.245. The van der Waals surface area contributed by atoms with Gasteiger partial charge in [0.1, 0.15) is 15.8 Å². The van der Waals surface area contributed by atoms with E-state index < -0.39 is 11.1 Å². The number of ether oxygens (including phenoxy) is 2. The number of fused-ring (bicyclic) bond motifs is 2. The second kappa shape index (κ2) is 14.0. The third kappa shape index (κ3) is 6.16. The summed E-state index contributed by atoms with van der Waals surface area (Å²) in [6.07, 6.45) is 2.40. The lowest BCUT2D eigenvalue weighted by Crippen LogP contribution is -2.48. The summed E-state index contributed by atoms with van der Waals surface area (Å²) in [5, 5.41) is -0.122. The Morgan fingerprint density at radius 2 is 1.39 bits per heavy atom. The smallest absolute Gasteiger partial charge is 0.274 e. The molecule has 0 aliphatic carbocycles. The van der Waals surface area contributed by atoms with Crippen LogP contribution in [-0.4, -0.2) is 76.1 Å². The Morgan fingerprint density at radius 3 is 2.02 bits per heavy atom. The molecule has 0 spiro atoms. The van der Waals surface area contributed by atoms with Gasteiger partial charge in [0.25, 0.3) is 11.1 Å². The number of methoxy groups -OCH3 is 2. The molecule has 282 valence electrons. The first kappa shape index (κ1) is 36.0. The van der Waals surface area contributed by atoms with Gasteiger partial charge >= 0.3 is 0 Å². The molecule has 0 saturated carbocycles. The molecule has 0 N–H and O–H groups in total. The summed E-state index contributed by atoms with van der Waals surface area (Å²) in [7, 11) is 4.85. The largest absolute Gasteiger partial charge is 0.497 e. The highest BCUT2D eigenvalue weighted by Crippen LogP contribution is 2.38. The summed E-state index contributed by atoms with van der Waals surface area (Å²) in [4.78, 5) is 67.1. The van der Waals surface area contributed by atoms with Crippen molar-refractivity contribution in [1.82, 2.24) is 23.9 Å². The number of benzene rings is 1. The molecule has 4 aliphatic rings. The molecule has 3 aromatic heterocycles. The van der Waals surface area contributed by atoms with E-state index in [9.17, 15) is 19.2 Å². The van der Waals surface area contributed by atoms with Crippen molar-refractivity contribution in [2.75, 3.05) is 50.2 Å². The highest BCUT2D eigenvalue weighted by Gasteiger charge is 2.38. The standard InChI is InChI=1S/C39H41Cl2N7O6/c1-22-28-18-46(33(49)10-23-14-44(15-23)25-6-5-7-27(12-25)53-3)21-31(28)48(39(52)35(22)40)37-29-19-47(20-30(29)43(2)38(51)36(37)41)34(50)11-24-16-45(17-24)26-8-9-42-32(13-26)54-4/h5-9,12-13,23-24H,10-11,14-21H2,1-4H3. The number of hydrogen-bond acceptors (Lipinski definition) is 9. The zero-order valence-electron chi connectivity index (χ0n) is 30.6. The van der Waals surface area contributed by atoms with Crippen LogP contribution in [-0.2, 0) is 42.8 Å². The van der Waals surface area contributed by atoms with Gasteiger partial charge in [-0.25, -0.2) is 4.98 Å². The van der Waals surface area contributed by atoms with E-state index in [1.54, 1.807) is 44.2 Å². The van der Waals surface area contributed by atoms with Crippen LogP contribution < -0.4 is 30.4 Å². The van der Waals surface area contributed by atoms with Crippen LogP contribution in [0.4, 0.5) is 11.4 Å². The number of halogens is 2. The summed E-state index contributed by atoms with van der Waals surface area (Å²) >= 11 is 13.6. The van der Waals surface area contributed by atoms with Crippen LogP contribution in [0.15, 0.2) is 52.2 Å². The predicted octanol–water partition coefficient (Wildman–Crippen LogP) is 4.30. The van der Waals surface area contributed by atoms with Crippen molar-refractivity contribution in [3.63, 3.8) is 0 Å². The van der Waals surface area contributed by atoms with Gasteiger partial charge in [-0.15, -0.1) is 0 Å². The fourth-order valence-corrected chi connectivity index (χ4v) is 8.74. The predicted molar refractivity (Wildman–Crippen MR) is 205 cm³/mol. The van der Waals surface area contributed by atoms with Gasteiger partial charge in [0, 0.05) is 112 Å². The minimum Gasteiger partial charge on any atom is -0.497 e. The van der Waals surface area contributed by atoms with Crippen LogP contribution in [0.2, 0.25) is 10.0 Å². The van der Waals surface area contributed by atoms with Gasteiger partial charge in [-0.1, -0.05) is 29.3 Å². The molecule has 15 heteroatoms. The minimum absolute atomic E-state index is 0.00810. The lowest BCUT2D eigenvalue weighted by molar-refractivity contribution is -0.133. The van der Waals surface area contributed by atoms with Crippen molar-refractivity contribution in [3.05, 3.63) is 101 Å².